The van der Waals surface area contributed by atoms with Gasteiger partial charge in [-0.05, 0) is 60.4 Å². The van der Waals surface area contributed by atoms with E-state index >= 15 is 0 Å². The van der Waals surface area contributed by atoms with Crippen molar-refractivity contribution in [2.24, 2.45) is 0 Å². The quantitative estimate of drug-likeness (QED) is 0.473. The van der Waals surface area contributed by atoms with Crippen LogP contribution in [-0.4, -0.2) is 24.8 Å². The molecule has 0 aliphatic carbocycles. The summed E-state index contributed by atoms with van der Waals surface area (Å²) in [5, 5.41) is 5.63. The molecular weight excluding hydrogens is 434 g/mol. The van der Waals surface area contributed by atoms with Crippen molar-refractivity contribution in [3.63, 3.8) is 0 Å². The minimum Gasteiger partial charge on any atom is -0.495 e. The number of anilines is 3. The molecule has 0 saturated carbocycles. The average Bonchev–Trinajstić information content (AvgIpc) is 3.20. The third kappa shape index (κ3) is 4.98. The van der Waals surface area contributed by atoms with Gasteiger partial charge in [-0.2, -0.15) is 0 Å². The normalized spacial score (nSPS) is 15.4. The number of urea groups is 1. The molecule has 0 bridgehead atoms. The first kappa shape index (κ1) is 22.7. The lowest BCUT2D eigenvalue weighted by molar-refractivity contribution is -0.115. The molecular formula is C26H27N3O3S. The van der Waals surface area contributed by atoms with Crippen molar-refractivity contribution in [2.75, 3.05) is 28.4 Å². The van der Waals surface area contributed by atoms with Crippen LogP contribution in [0.4, 0.5) is 21.9 Å². The number of thioether (sulfide) groups is 1. The summed E-state index contributed by atoms with van der Waals surface area (Å²) >= 11 is 1.56. The number of nitrogens with zero attached hydrogens (tertiary/aromatic N) is 1. The molecule has 1 atom stereocenters. The number of rotatable bonds is 6. The van der Waals surface area contributed by atoms with Crippen molar-refractivity contribution >= 4 is 40.8 Å². The number of carbonyl (C=O) groups excluding carboxylic acids is 2. The zero-order valence-electron chi connectivity index (χ0n) is 18.9. The SMILES string of the molecule is CCc1ccccc1NC(=O)Nc1cccc([C@@H]2SCC(=O)N2c2cc(C)ccc2OC)c1. The zero-order chi connectivity index (χ0) is 23.4. The molecule has 1 aliphatic heterocycles. The zero-order valence-corrected chi connectivity index (χ0v) is 19.7. The van der Waals surface area contributed by atoms with Gasteiger partial charge < -0.3 is 15.4 Å². The predicted molar refractivity (Wildman–Crippen MR) is 135 cm³/mol. The Morgan fingerprint density at radius 1 is 1.09 bits per heavy atom. The molecule has 33 heavy (non-hydrogen) atoms. The number of ether oxygens (including phenoxy) is 1. The third-order valence-electron chi connectivity index (χ3n) is 5.54. The molecule has 1 aliphatic rings. The van der Waals surface area contributed by atoms with Crippen LogP contribution in [0.15, 0.2) is 66.7 Å². The van der Waals surface area contributed by atoms with Crippen LogP contribution in [0.25, 0.3) is 0 Å². The number of aryl methyl sites for hydroxylation is 2. The molecule has 0 radical (unpaired) electrons. The van der Waals surface area contributed by atoms with E-state index in [1.807, 2.05) is 73.7 Å². The molecule has 6 nitrogen and oxygen atoms in total. The van der Waals surface area contributed by atoms with Gasteiger partial charge in [0.05, 0.1) is 18.6 Å². The van der Waals surface area contributed by atoms with E-state index in [2.05, 4.69) is 17.6 Å². The molecule has 3 aromatic carbocycles. The fraction of sp³-hybridized carbons (Fsp3) is 0.231. The Morgan fingerprint density at radius 3 is 2.70 bits per heavy atom. The summed E-state index contributed by atoms with van der Waals surface area (Å²) in [6.45, 7) is 4.04. The maximum absolute atomic E-state index is 12.8. The van der Waals surface area contributed by atoms with E-state index in [1.54, 1.807) is 23.8 Å². The van der Waals surface area contributed by atoms with E-state index in [0.717, 1.165) is 34.5 Å². The molecule has 1 saturated heterocycles. The molecule has 3 amide bonds. The molecule has 170 valence electrons. The standard InChI is InChI=1S/C26H27N3O3S/c1-4-18-8-5-6-11-21(18)28-26(31)27-20-10-7-9-19(15-20)25-29(24(30)16-33-25)22-14-17(2)12-13-23(22)32-3/h5-15,25H,4,16H2,1-3H3,(H2,27,28,31)/t25-/m0/s1. The second kappa shape index (κ2) is 10.0. The highest BCUT2D eigenvalue weighted by molar-refractivity contribution is 8.00. The van der Waals surface area contributed by atoms with E-state index in [0.29, 0.717) is 17.2 Å². The molecule has 1 heterocycles. The Kier molecular flexibility index (Phi) is 6.89. The van der Waals surface area contributed by atoms with Crippen LogP contribution >= 0.6 is 11.8 Å². The number of hydrogen-bond donors (Lipinski definition) is 2. The highest BCUT2D eigenvalue weighted by Gasteiger charge is 2.35. The van der Waals surface area contributed by atoms with E-state index in [9.17, 15) is 9.59 Å². The molecule has 2 N–H and O–H groups in total. The topological polar surface area (TPSA) is 70.7 Å². The monoisotopic (exact) mass is 461 g/mol. The van der Waals surface area contributed by atoms with Gasteiger partial charge in [-0.25, -0.2) is 4.79 Å². The van der Waals surface area contributed by atoms with E-state index in [1.165, 1.54) is 0 Å². The second-order valence-corrected chi connectivity index (χ2v) is 8.89. The summed E-state index contributed by atoms with van der Waals surface area (Å²) < 4.78 is 5.53. The number of hydrogen-bond acceptors (Lipinski definition) is 4. The van der Waals surface area contributed by atoms with Crippen molar-refractivity contribution in [1.29, 1.82) is 0 Å². The molecule has 0 spiro atoms. The van der Waals surface area contributed by atoms with Crippen molar-refractivity contribution in [2.45, 2.75) is 25.6 Å². The third-order valence-corrected chi connectivity index (χ3v) is 6.75. The van der Waals surface area contributed by atoms with Crippen molar-refractivity contribution in [3.8, 4) is 5.75 Å². The smallest absolute Gasteiger partial charge is 0.323 e. The highest BCUT2D eigenvalue weighted by Crippen LogP contribution is 2.45. The van der Waals surface area contributed by atoms with Crippen LogP contribution in [0.2, 0.25) is 0 Å². The van der Waals surface area contributed by atoms with Gasteiger partial charge in [-0.1, -0.05) is 43.3 Å². The Balaban J connectivity index is 1.56. The second-order valence-electron chi connectivity index (χ2n) is 7.82. The molecule has 0 unspecified atom stereocenters. The number of amides is 3. The lowest BCUT2D eigenvalue weighted by atomic mass is 10.1. The van der Waals surface area contributed by atoms with Crippen LogP contribution in [-0.2, 0) is 11.2 Å². The van der Waals surface area contributed by atoms with Crippen molar-refractivity contribution in [1.82, 2.24) is 0 Å². The Labute approximate surface area is 198 Å². The van der Waals surface area contributed by atoms with Crippen LogP contribution in [0.5, 0.6) is 5.75 Å². The number of carbonyl (C=O) groups is 2. The van der Waals surface area contributed by atoms with Gasteiger partial charge in [0.2, 0.25) is 5.91 Å². The van der Waals surface area contributed by atoms with E-state index < -0.39 is 0 Å². The summed E-state index contributed by atoms with van der Waals surface area (Å²) in [5.74, 6) is 1.07. The summed E-state index contributed by atoms with van der Waals surface area (Å²) in [4.78, 5) is 27.3. The number of methoxy groups -OCH3 is 1. The van der Waals surface area contributed by atoms with Gasteiger partial charge in [0.25, 0.3) is 0 Å². The largest absolute Gasteiger partial charge is 0.495 e. The van der Waals surface area contributed by atoms with E-state index in [-0.39, 0.29) is 17.3 Å². The maximum Gasteiger partial charge on any atom is 0.323 e. The minimum atomic E-state index is -0.305. The molecule has 3 aromatic rings. The first-order valence-corrected chi connectivity index (χ1v) is 11.9. The average molecular weight is 462 g/mol. The van der Waals surface area contributed by atoms with Crippen LogP contribution in [0, 0.1) is 6.92 Å². The Morgan fingerprint density at radius 2 is 1.91 bits per heavy atom. The van der Waals surface area contributed by atoms with Gasteiger partial charge >= 0.3 is 6.03 Å². The number of benzene rings is 3. The molecule has 0 aromatic heterocycles. The fourth-order valence-corrected chi connectivity index (χ4v) is 5.08. The minimum absolute atomic E-state index is 0.0289. The van der Waals surface area contributed by atoms with Crippen LogP contribution in [0.1, 0.15) is 29.0 Å². The lowest BCUT2D eigenvalue weighted by Gasteiger charge is -2.26. The Bertz CT molecular complexity index is 1180. The summed E-state index contributed by atoms with van der Waals surface area (Å²) in [6, 6.07) is 20.9. The Hall–Kier alpha value is -3.45. The fourth-order valence-electron chi connectivity index (χ4n) is 3.92. The van der Waals surface area contributed by atoms with Gasteiger partial charge in [0.15, 0.2) is 0 Å². The lowest BCUT2D eigenvalue weighted by Crippen LogP contribution is -2.28. The van der Waals surface area contributed by atoms with Crippen LogP contribution in [0.3, 0.4) is 0 Å². The first-order valence-electron chi connectivity index (χ1n) is 10.8. The van der Waals surface area contributed by atoms with Gasteiger partial charge in [0, 0.05) is 11.4 Å². The van der Waals surface area contributed by atoms with Gasteiger partial charge in [-0.3, -0.25) is 9.69 Å². The summed E-state index contributed by atoms with van der Waals surface area (Å²) in [5.41, 5.74) is 5.27. The highest BCUT2D eigenvalue weighted by atomic mass is 32.2. The van der Waals surface area contributed by atoms with Gasteiger partial charge in [-0.15, -0.1) is 11.8 Å². The molecule has 7 heteroatoms. The summed E-state index contributed by atoms with van der Waals surface area (Å²) in [7, 11) is 1.61. The summed E-state index contributed by atoms with van der Waals surface area (Å²) in [6.07, 6.45) is 0.830. The molecule has 4 rings (SSSR count). The molecule has 1 fully saturated rings. The van der Waals surface area contributed by atoms with Crippen LogP contribution < -0.4 is 20.3 Å². The van der Waals surface area contributed by atoms with E-state index in [4.69, 9.17) is 4.74 Å². The first-order chi connectivity index (χ1) is 16.0. The van der Waals surface area contributed by atoms with Gasteiger partial charge in [0.1, 0.15) is 11.1 Å². The van der Waals surface area contributed by atoms with Crippen molar-refractivity contribution in [3.05, 3.63) is 83.4 Å². The number of para-hydroxylation sites is 1. The maximum atomic E-state index is 12.8. The number of nitrogens with one attached hydrogen (secondary N) is 2. The van der Waals surface area contributed by atoms with Crippen molar-refractivity contribution < 1.29 is 14.3 Å². The predicted octanol–water partition coefficient (Wildman–Crippen LogP) is 5.99.